The third kappa shape index (κ3) is 3.78. The first-order valence-corrected chi connectivity index (χ1v) is 8.80. The smallest absolute Gasteiger partial charge is 0.293 e. The van der Waals surface area contributed by atoms with Crippen LogP contribution in [0.5, 0.6) is 11.5 Å². The minimum absolute atomic E-state index is 0.0140. The van der Waals surface area contributed by atoms with Crippen molar-refractivity contribution < 1.29 is 23.5 Å². The molecule has 2 aromatic carbocycles. The van der Waals surface area contributed by atoms with E-state index in [1.807, 2.05) is 6.07 Å². The molecule has 0 unspecified atom stereocenters. The standard InChI is InChI=1S/C21H22N2O5/c1-12(2)20(24)23-18-14-7-5-6-8-16(14)28-19(18)21(25)22-15-11-13(26-3)9-10-17(15)27-4/h5-12H,1-4H3,(H,22,25)(H,23,24). The molecule has 28 heavy (non-hydrogen) atoms. The Hall–Kier alpha value is -3.48. The lowest BCUT2D eigenvalue weighted by molar-refractivity contribution is -0.118. The van der Waals surface area contributed by atoms with Crippen molar-refractivity contribution in [2.45, 2.75) is 13.8 Å². The van der Waals surface area contributed by atoms with Gasteiger partial charge in [-0.25, -0.2) is 0 Å². The second kappa shape index (κ2) is 8.04. The quantitative estimate of drug-likeness (QED) is 0.663. The van der Waals surface area contributed by atoms with Gasteiger partial charge in [-0.05, 0) is 24.3 Å². The molecule has 1 aromatic heterocycles. The number of furan rings is 1. The van der Waals surface area contributed by atoms with Gasteiger partial charge in [-0.1, -0.05) is 26.0 Å². The van der Waals surface area contributed by atoms with Gasteiger partial charge < -0.3 is 24.5 Å². The Morgan fingerprint density at radius 2 is 1.75 bits per heavy atom. The summed E-state index contributed by atoms with van der Waals surface area (Å²) in [5.74, 6) is 0.0802. The van der Waals surface area contributed by atoms with Crippen molar-refractivity contribution >= 4 is 34.2 Å². The molecule has 3 rings (SSSR count). The maximum absolute atomic E-state index is 13.0. The number of rotatable bonds is 6. The van der Waals surface area contributed by atoms with Crippen molar-refractivity contribution in [2.24, 2.45) is 5.92 Å². The summed E-state index contributed by atoms with van der Waals surface area (Å²) < 4.78 is 16.2. The van der Waals surface area contributed by atoms with E-state index in [0.29, 0.717) is 33.8 Å². The van der Waals surface area contributed by atoms with Gasteiger partial charge in [-0.15, -0.1) is 0 Å². The molecule has 0 aliphatic carbocycles. The Bertz CT molecular complexity index is 1020. The van der Waals surface area contributed by atoms with Crippen LogP contribution in [-0.2, 0) is 4.79 Å². The summed E-state index contributed by atoms with van der Waals surface area (Å²) in [6.07, 6.45) is 0. The van der Waals surface area contributed by atoms with Crippen molar-refractivity contribution in [3.05, 3.63) is 48.2 Å². The normalized spacial score (nSPS) is 10.8. The predicted molar refractivity (Wildman–Crippen MR) is 107 cm³/mol. The van der Waals surface area contributed by atoms with E-state index in [-0.39, 0.29) is 17.6 Å². The van der Waals surface area contributed by atoms with Gasteiger partial charge >= 0.3 is 0 Å². The van der Waals surface area contributed by atoms with Crippen LogP contribution in [0, 0.1) is 5.92 Å². The highest BCUT2D eigenvalue weighted by atomic mass is 16.5. The highest BCUT2D eigenvalue weighted by Gasteiger charge is 2.24. The molecular weight excluding hydrogens is 360 g/mol. The SMILES string of the molecule is COc1ccc(OC)c(NC(=O)c2oc3ccccc3c2NC(=O)C(C)C)c1. The molecule has 2 amide bonds. The number of carbonyl (C=O) groups is 2. The van der Waals surface area contributed by atoms with E-state index in [1.54, 1.807) is 50.2 Å². The highest BCUT2D eigenvalue weighted by molar-refractivity contribution is 6.15. The number of benzene rings is 2. The minimum Gasteiger partial charge on any atom is -0.497 e. The minimum atomic E-state index is -0.512. The van der Waals surface area contributed by atoms with Gasteiger partial charge in [0.2, 0.25) is 11.7 Å². The lowest BCUT2D eigenvalue weighted by Gasteiger charge is -2.12. The molecule has 0 aliphatic heterocycles. The van der Waals surface area contributed by atoms with Gasteiger partial charge in [0.05, 0.1) is 19.9 Å². The number of para-hydroxylation sites is 1. The molecule has 0 saturated carbocycles. The summed E-state index contributed by atoms with van der Waals surface area (Å²) in [6, 6.07) is 12.2. The first kappa shape index (κ1) is 19.3. The Morgan fingerprint density at radius 3 is 2.43 bits per heavy atom. The van der Waals surface area contributed by atoms with E-state index in [1.165, 1.54) is 14.2 Å². The number of methoxy groups -OCH3 is 2. The van der Waals surface area contributed by atoms with E-state index >= 15 is 0 Å². The Balaban J connectivity index is 2.01. The second-order valence-corrected chi connectivity index (χ2v) is 6.47. The molecule has 146 valence electrons. The summed E-state index contributed by atoms with van der Waals surface area (Å²) in [7, 11) is 3.04. The molecule has 7 heteroatoms. The van der Waals surface area contributed by atoms with Gasteiger partial charge in [0.1, 0.15) is 22.8 Å². The Kier molecular flexibility index (Phi) is 5.54. The van der Waals surface area contributed by atoms with Crippen LogP contribution < -0.4 is 20.1 Å². The van der Waals surface area contributed by atoms with E-state index in [0.717, 1.165) is 0 Å². The van der Waals surface area contributed by atoms with Crippen LogP contribution in [0.15, 0.2) is 46.9 Å². The predicted octanol–water partition coefficient (Wildman–Crippen LogP) is 4.30. The molecule has 0 spiro atoms. The first-order chi connectivity index (χ1) is 13.4. The average molecular weight is 382 g/mol. The lowest BCUT2D eigenvalue weighted by Crippen LogP contribution is -2.20. The zero-order valence-electron chi connectivity index (χ0n) is 16.2. The molecule has 0 fully saturated rings. The molecule has 0 aliphatic rings. The number of fused-ring (bicyclic) bond motifs is 1. The fourth-order valence-corrected chi connectivity index (χ4v) is 2.69. The van der Waals surface area contributed by atoms with Crippen molar-refractivity contribution in [3.8, 4) is 11.5 Å². The highest BCUT2D eigenvalue weighted by Crippen LogP contribution is 2.34. The topological polar surface area (TPSA) is 89.8 Å². The summed E-state index contributed by atoms with van der Waals surface area (Å²) in [5.41, 5.74) is 1.27. The largest absolute Gasteiger partial charge is 0.497 e. The van der Waals surface area contributed by atoms with Gasteiger partial charge in [0.15, 0.2) is 0 Å². The van der Waals surface area contributed by atoms with Crippen molar-refractivity contribution in [1.82, 2.24) is 0 Å². The number of nitrogens with one attached hydrogen (secondary N) is 2. The van der Waals surface area contributed by atoms with Crippen LogP contribution in [-0.4, -0.2) is 26.0 Å². The third-order valence-electron chi connectivity index (χ3n) is 4.23. The van der Waals surface area contributed by atoms with E-state index in [4.69, 9.17) is 13.9 Å². The molecule has 2 N–H and O–H groups in total. The number of hydrogen-bond acceptors (Lipinski definition) is 5. The van der Waals surface area contributed by atoms with E-state index < -0.39 is 5.91 Å². The summed E-state index contributed by atoms with van der Waals surface area (Å²) in [6.45, 7) is 3.55. The molecule has 0 radical (unpaired) electrons. The van der Waals surface area contributed by atoms with Crippen molar-refractivity contribution in [2.75, 3.05) is 24.9 Å². The number of ether oxygens (including phenoxy) is 2. The molecular formula is C21H22N2O5. The number of anilines is 2. The van der Waals surface area contributed by atoms with Crippen LogP contribution in [0.1, 0.15) is 24.4 Å². The number of amides is 2. The first-order valence-electron chi connectivity index (χ1n) is 8.80. The summed E-state index contributed by atoms with van der Waals surface area (Å²) in [4.78, 5) is 25.2. The second-order valence-electron chi connectivity index (χ2n) is 6.47. The van der Waals surface area contributed by atoms with Gasteiger partial charge in [0, 0.05) is 17.4 Å². The summed E-state index contributed by atoms with van der Waals surface area (Å²) in [5, 5.41) is 6.22. The van der Waals surface area contributed by atoms with Gasteiger partial charge in [-0.3, -0.25) is 9.59 Å². The maximum Gasteiger partial charge on any atom is 0.293 e. The van der Waals surface area contributed by atoms with Gasteiger partial charge in [-0.2, -0.15) is 0 Å². The maximum atomic E-state index is 13.0. The molecule has 0 saturated heterocycles. The zero-order valence-corrected chi connectivity index (χ0v) is 16.2. The Labute approximate surface area is 162 Å². The lowest BCUT2D eigenvalue weighted by atomic mass is 10.1. The van der Waals surface area contributed by atoms with Gasteiger partial charge in [0.25, 0.3) is 5.91 Å². The molecule has 0 bridgehead atoms. The van der Waals surface area contributed by atoms with Crippen LogP contribution >= 0.6 is 0 Å². The molecule has 0 atom stereocenters. The third-order valence-corrected chi connectivity index (χ3v) is 4.23. The van der Waals surface area contributed by atoms with Crippen molar-refractivity contribution in [1.29, 1.82) is 0 Å². The fourth-order valence-electron chi connectivity index (χ4n) is 2.69. The fraction of sp³-hybridized carbons (Fsp3) is 0.238. The zero-order chi connectivity index (χ0) is 20.3. The molecule has 7 nitrogen and oxygen atoms in total. The van der Waals surface area contributed by atoms with Crippen molar-refractivity contribution in [3.63, 3.8) is 0 Å². The number of hydrogen-bond donors (Lipinski definition) is 2. The van der Waals surface area contributed by atoms with Crippen LogP contribution in [0.25, 0.3) is 11.0 Å². The van der Waals surface area contributed by atoms with E-state index in [9.17, 15) is 9.59 Å². The number of carbonyl (C=O) groups excluding carboxylic acids is 2. The average Bonchev–Trinajstić information content (AvgIpc) is 3.06. The molecule has 3 aromatic rings. The summed E-state index contributed by atoms with van der Waals surface area (Å²) >= 11 is 0. The Morgan fingerprint density at radius 1 is 1.00 bits per heavy atom. The monoisotopic (exact) mass is 382 g/mol. The van der Waals surface area contributed by atoms with Crippen LogP contribution in [0.4, 0.5) is 11.4 Å². The molecule has 1 heterocycles. The van der Waals surface area contributed by atoms with Crippen LogP contribution in [0.3, 0.4) is 0 Å². The van der Waals surface area contributed by atoms with Crippen LogP contribution in [0.2, 0.25) is 0 Å². The van der Waals surface area contributed by atoms with E-state index in [2.05, 4.69) is 10.6 Å².